The van der Waals surface area contributed by atoms with Gasteiger partial charge in [-0.05, 0) is 44.7 Å². The summed E-state index contributed by atoms with van der Waals surface area (Å²) in [6.45, 7) is 2.04. The molecule has 1 aliphatic rings. The molecule has 1 aliphatic carbocycles. The molecule has 36 heavy (non-hydrogen) atoms. The number of fused-ring (bicyclic) bond motifs is 1. The van der Waals surface area contributed by atoms with Gasteiger partial charge < -0.3 is 15.5 Å². The smallest absolute Gasteiger partial charge is 0.226 e. The van der Waals surface area contributed by atoms with Crippen molar-refractivity contribution in [1.82, 2.24) is 20.3 Å². The zero-order valence-corrected chi connectivity index (χ0v) is 21.8. The van der Waals surface area contributed by atoms with Crippen LogP contribution in [0.2, 0.25) is 0 Å². The summed E-state index contributed by atoms with van der Waals surface area (Å²) in [7, 11) is 4.00. The normalized spacial score (nSPS) is 17.6. The fourth-order valence-corrected chi connectivity index (χ4v) is 5.69. The molecule has 2 aromatic carbocycles. The average molecular weight is 501 g/mol. The van der Waals surface area contributed by atoms with E-state index in [1.807, 2.05) is 62.3 Å². The highest BCUT2D eigenvalue weighted by atomic mass is 32.1. The van der Waals surface area contributed by atoms with Crippen LogP contribution in [0, 0.1) is 6.92 Å². The number of carbonyl (C=O) groups is 1. The lowest BCUT2D eigenvalue weighted by Crippen LogP contribution is -2.41. The van der Waals surface area contributed by atoms with Gasteiger partial charge in [0.15, 0.2) is 0 Å². The Labute approximate surface area is 216 Å². The Balaban J connectivity index is 1.15. The molecular weight excluding hydrogens is 468 g/mol. The maximum Gasteiger partial charge on any atom is 0.226 e. The molecule has 0 spiro atoms. The van der Waals surface area contributed by atoms with Gasteiger partial charge in [0, 0.05) is 42.0 Å². The summed E-state index contributed by atoms with van der Waals surface area (Å²) >= 11 is 1.65. The van der Waals surface area contributed by atoms with Crippen molar-refractivity contribution >= 4 is 39.9 Å². The highest BCUT2D eigenvalue weighted by molar-refractivity contribution is 7.15. The van der Waals surface area contributed by atoms with Crippen molar-refractivity contribution in [3.05, 3.63) is 65.2 Å². The molecule has 0 atom stereocenters. The van der Waals surface area contributed by atoms with E-state index in [9.17, 15) is 4.79 Å². The fraction of sp³-hybridized carbons (Fsp3) is 0.357. The minimum Gasteiger partial charge on any atom is -0.362 e. The van der Waals surface area contributed by atoms with Crippen LogP contribution in [0.15, 0.2) is 54.6 Å². The number of thiazole rings is 1. The van der Waals surface area contributed by atoms with E-state index in [4.69, 9.17) is 15.0 Å². The summed E-state index contributed by atoms with van der Waals surface area (Å²) in [5.41, 5.74) is 2.90. The van der Waals surface area contributed by atoms with E-state index in [2.05, 4.69) is 28.8 Å². The Morgan fingerprint density at radius 2 is 1.64 bits per heavy atom. The number of amides is 1. The van der Waals surface area contributed by atoms with E-state index in [1.165, 1.54) is 0 Å². The van der Waals surface area contributed by atoms with E-state index in [1.54, 1.807) is 11.3 Å². The third-order valence-electron chi connectivity index (χ3n) is 6.67. The Bertz CT molecular complexity index is 1340. The summed E-state index contributed by atoms with van der Waals surface area (Å²) in [4.78, 5) is 30.2. The van der Waals surface area contributed by atoms with Crippen molar-refractivity contribution in [3.8, 4) is 10.6 Å². The maximum absolute atomic E-state index is 12.8. The van der Waals surface area contributed by atoms with Gasteiger partial charge in [-0.1, -0.05) is 42.5 Å². The second-order valence-corrected chi connectivity index (χ2v) is 10.8. The third-order valence-corrected chi connectivity index (χ3v) is 7.74. The molecule has 0 radical (unpaired) electrons. The van der Waals surface area contributed by atoms with Gasteiger partial charge in [0.2, 0.25) is 11.9 Å². The number of anilines is 2. The van der Waals surface area contributed by atoms with E-state index >= 15 is 0 Å². The van der Waals surface area contributed by atoms with Crippen LogP contribution in [0.1, 0.15) is 36.3 Å². The number of para-hydroxylation sites is 1. The molecule has 186 valence electrons. The molecule has 4 aromatic rings. The van der Waals surface area contributed by atoms with Crippen molar-refractivity contribution < 1.29 is 4.79 Å². The Kier molecular flexibility index (Phi) is 7.13. The number of benzene rings is 2. The van der Waals surface area contributed by atoms with Crippen LogP contribution in [0.25, 0.3) is 21.5 Å². The molecule has 1 saturated carbocycles. The number of nitrogens with zero attached hydrogens (tertiary/aromatic N) is 4. The molecule has 2 aromatic heterocycles. The molecule has 0 bridgehead atoms. The lowest BCUT2D eigenvalue weighted by atomic mass is 9.91. The van der Waals surface area contributed by atoms with Crippen molar-refractivity contribution in [3.63, 3.8) is 0 Å². The first-order valence-electron chi connectivity index (χ1n) is 12.5. The van der Waals surface area contributed by atoms with Crippen LogP contribution >= 0.6 is 11.3 Å². The van der Waals surface area contributed by atoms with Gasteiger partial charge in [-0.3, -0.25) is 4.79 Å². The number of hydrogen-bond donors (Lipinski definition) is 2. The second-order valence-electron chi connectivity index (χ2n) is 9.61. The topological polar surface area (TPSA) is 83.0 Å². The van der Waals surface area contributed by atoms with Crippen LogP contribution < -0.4 is 15.5 Å². The SMILES string of the molecule is Cc1sc(-c2ccccc2)nc1CC(=O)NC1CCC(Nc2nc(N(C)C)c3ccccc3n2)CC1. The highest BCUT2D eigenvalue weighted by Crippen LogP contribution is 2.29. The summed E-state index contributed by atoms with van der Waals surface area (Å²) in [6.07, 6.45) is 4.12. The Morgan fingerprint density at radius 1 is 0.944 bits per heavy atom. The molecule has 0 saturated heterocycles. The number of aryl methyl sites for hydroxylation is 1. The second kappa shape index (κ2) is 10.6. The van der Waals surface area contributed by atoms with Crippen LogP contribution in [0.4, 0.5) is 11.8 Å². The predicted octanol–water partition coefficient (Wildman–Crippen LogP) is 5.21. The molecule has 8 heteroatoms. The lowest BCUT2D eigenvalue weighted by molar-refractivity contribution is -0.121. The summed E-state index contributed by atoms with van der Waals surface area (Å²) in [5, 5.41) is 8.79. The van der Waals surface area contributed by atoms with E-state index in [-0.39, 0.29) is 11.9 Å². The molecule has 2 N–H and O–H groups in total. The van der Waals surface area contributed by atoms with Crippen molar-refractivity contribution in [1.29, 1.82) is 0 Å². The number of rotatable bonds is 7. The number of aromatic nitrogens is 3. The van der Waals surface area contributed by atoms with Crippen LogP contribution in [0.5, 0.6) is 0 Å². The first-order chi connectivity index (χ1) is 17.5. The first kappa shape index (κ1) is 24.2. The zero-order valence-electron chi connectivity index (χ0n) is 21.0. The summed E-state index contributed by atoms with van der Waals surface area (Å²) in [6, 6.07) is 18.7. The average Bonchev–Trinajstić information content (AvgIpc) is 3.25. The predicted molar refractivity (Wildman–Crippen MR) is 148 cm³/mol. The van der Waals surface area contributed by atoms with Gasteiger partial charge in [0.1, 0.15) is 10.8 Å². The monoisotopic (exact) mass is 500 g/mol. The molecule has 0 unspecified atom stereocenters. The molecular formula is C28H32N6OS. The lowest BCUT2D eigenvalue weighted by Gasteiger charge is -2.30. The van der Waals surface area contributed by atoms with Gasteiger partial charge >= 0.3 is 0 Å². The summed E-state index contributed by atoms with van der Waals surface area (Å²) < 4.78 is 0. The van der Waals surface area contributed by atoms with Crippen molar-refractivity contribution in [2.45, 2.75) is 51.1 Å². The highest BCUT2D eigenvalue weighted by Gasteiger charge is 2.24. The standard InChI is InChI=1S/C28H32N6OS/c1-18-24(31-27(36-18)19-9-5-4-6-10-19)17-25(35)29-20-13-15-21(16-14-20)30-28-32-23-12-8-7-11-22(23)26(33-28)34(2)3/h4-12,20-21H,13-17H2,1-3H3,(H,29,35)(H,30,32,33). The summed E-state index contributed by atoms with van der Waals surface area (Å²) in [5.74, 6) is 1.63. The largest absolute Gasteiger partial charge is 0.362 e. The third kappa shape index (κ3) is 5.49. The Morgan fingerprint density at radius 3 is 2.39 bits per heavy atom. The van der Waals surface area contributed by atoms with Gasteiger partial charge in [0.25, 0.3) is 0 Å². The number of hydrogen-bond acceptors (Lipinski definition) is 7. The van der Waals surface area contributed by atoms with Crippen LogP contribution in [-0.2, 0) is 11.2 Å². The minimum absolute atomic E-state index is 0.0490. The molecule has 7 nitrogen and oxygen atoms in total. The molecule has 1 amide bonds. The maximum atomic E-state index is 12.8. The van der Waals surface area contributed by atoms with Crippen LogP contribution in [0.3, 0.4) is 0 Å². The quantitative estimate of drug-likeness (QED) is 0.363. The van der Waals surface area contributed by atoms with Crippen LogP contribution in [-0.4, -0.2) is 47.0 Å². The number of carbonyl (C=O) groups excluding carboxylic acids is 1. The fourth-order valence-electron chi connectivity index (χ4n) is 4.76. The van der Waals surface area contributed by atoms with E-state index in [0.29, 0.717) is 18.4 Å². The zero-order chi connectivity index (χ0) is 25.1. The van der Waals surface area contributed by atoms with E-state index < -0.39 is 0 Å². The first-order valence-corrected chi connectivity index (χ1v) is 13.3. The Hall–Kier alpha value is -3.52. The van der Waals surface area contributed by atoms with Gasteiger partial charge in [-0.2, -0.15) is 4.98 Å². The van der Waals surface area contributed by atoms with Gasteiger partial charge in [0.05, 0.1) is 17.6 Å². The molecule has 5 rings (SSSR count). The van der Waals surface area contributed by atoms with Gasteiger partial charge in [-0.25, -0.2) is 9.97 Å². The number of nitrogens with one attached hydrogen (secondary N) is 2. The molecule has 2 heterocycles. The van der Waals surface area contributed by atoms with E-state index in [0.717, 1.165) is 63.5 Å². The van der Waals surface area contributed by atoms with Crippen molar-refractivity contribution in [2.24, 2.45) is 0 Å². The minimum atomic E-state index is 0.0490. The van der Waals surface area contributed by atoms with Gasteiger partial charge in [-0.15, -0.1) is 11.3 Å². The molecule has 0 aliphatic heterocycles. The van der Waals surface area contributed by atoms with Crippen molar-refractivity contribution in [2.75, 3.05) is 24.3 Å². The molecule has 1 fully saturated rings.